The van der Waals surface area contributed by atoms with Crippen molar-refractivity contribution in [3.05, 3.63) is 28.0 Å². The van der Waals surface area contributed by atoms with Gasteiger partial charge >= 0.3 is 5.97 Å². The number of ether oxygens (including phenoxy) is 1. The number of methoxy groups -OCH3 is 1. The smallest absolute Gasteiger partial charge is 0.306 e. The Morgan fingerprint density at radius 2 is 2.24 bits per heavy atom. The standard InChI is InChI=1S/C12H14ClFO3/c1-6-5-9(13)10(14)8(11(6)17-3)4-7(2)12(15)16/h5,7H,4H2,1-3H3,(H,15,16). The first-order valence-corrected chi connectivity index (χ1v) is 5.50. The lowest BCUT2D eigenvalue weighted by Crippen LogP contribution is -2.14. The third-order valence-corrected chi connectivity index (χ3v) is 2.86. The van der Waals surface area contributed by atoms with E-state index in [1.807, 2.05) is 0 Å². The molecule has 0 aliphatic rings. The van der Waals surface area contributed by atoms with Crippen LogP contribution >= 0.6 is 11.6 Å². The van der Waals surface area contributed by atoms with Crippen molar-refractivity contribution in [2.24, 2.45) is 5.92 Å². The average Bonchev–Trinajstić information content (AvgIpc) is 2.25. The van der Waals surface area contributed by atoms with Gasteiger partial charge in [-0.1, -0.05) is 18.5 Å². The number of benzene rings is 1. The van der Waals surface area contributed by atoms with Crippen molar-refractivity contribution in [3.8, 4) is 5.75 Å². The topological polar surface area (TPSA) is 46.5 Å². The first kappa shape index (κ1) is 13.8. The number of carbonyl (C=O) groups is 1. The summed E-state index contributed by atoms with van der Waals surface area (Å²) in [6.45, 7) is 3.25. The van der Waals surface area contributed by atoms with Gasteiger partial charge in [0.2, 0.25) is 0 Å². The Morgan fingerprint density at radius 1 is 1.65 bits per heavy atom. The van der Waals surface area contributed by atoms with Crippen molar-refractivity contribution >= 4 is 17.6 Å². The molecule has 1 atom stereocenters. The summed E-state index contributed by atoms with van der Waals surface area (Å²) in [4.78, 5) is 10.8. The van der Waals surface area contributed by atoms with Crippen molar-refractivity contribution in [2.75, 3.05) is 7.11 Å². The zero-order valence-corrected chi connectivity index (χ0v) is 10.6. The molecule has 5 heteroatoms. The van der Waals surface area contributed by atoms with Crippen LogP contribution in [0.2, 0.25) is 5.02 Å². The van der Waals surface area contributed by atoms with Crippen LogP contribution in [0.15, 0.2) is 6.07 Å². The van der Waals surface area contributed by atoms with E-state index in [4.69, 9.17) is 21.4 Å². The molecule has 0 aromatic heterocycles. The summed E-state index contributed by atoms with van der Waals surface area (Å²) in [7, 11) is 1.42. The molecule has 3 nitrogen and oxygen atoms in total. The van der Waals surface area contributed by atoms with E-state index in [-0.39, 0.29) is 17.0 Å². The van der Waals surface area contributed by atoms with Gasteiger partial charge in [0, 0.05) is 5.56 Å². The summed E-state index contributed by atoms with van der Waals surface area (Å²) in [5.41, 5.74) is 0.902. The Hall–Kier alpha value is -1.29. The molecule has 0 saturated carbocycles. The number of carboxylic acids is 1. The number of hydrogen-bond acceptors (Lipinski definition) is 2. The summed E-state index contributed by atoms with van der Waals surface area (Å²) < 4.78 is 18.9. The molecule has 1 N–H and O–H groups in total. The highest BCUT2D eigenvalue weighted by molar-refractivity contribution is 6.31. The Labute approximate surface area is 104 Å². The van der Waals surface area contributed by atoms with E-state index in [2.05, 4.69) is 0 Å². The van der Waals surface area contributed by atoms with E-state index in [1.54, 1.807) is 6.92 Å². The Kier molecular flexibility index (Phi) is 4.34. The van der Waals surface area contributed by atoms with Crippen molar-refractivity contribution in [3.63, 3.8) is 0 Å². The largest absolute Gasteiger partial charge is 0.496 e. The summed E-state index contributed by atoms with van der Waals surface area (Å²) in [5.74, 6) is -1.93. The average molecular weight is 261 g/mol. The Morgan fingerprint density at radius 3 is 2.71 bits per heavy atom. The van der Waals surface area contributed by atoms with Crippen LogP contribution in [0.4, 0.5) is 4.39 Å². The molecule has 0 radical (unpaired) electrons. The van der Waals surface area contributed by atoms with E-state index in [1.165, 1.54) is 20.1 Å². The fourth-order valence-electron chi connectivity index (χ4n) is 1.66. The van der Waals surface area contributed by atoms with Crippen LogP contribution in [-0.2, 0) is 11.2 Å². The fraction of sp³-hybridized carbons (Fsp3) is 0.417. The molecular weight excluding hydrogens is 247 g/mol. The SMILES string of the molecule is COc1c(C)cc(Cl)c(F)c1CC(C)C(=O)O. The number of halogens is 2. The Balaban J connectivity index is 3.25. The maximum Gasteiger partial charge on any atom is 0.306 e. The highest BCUT2D eigenvalue weighted by atomic mass is 35.5. The van der Waals surface area contributed by atoms with Gasteiger partial charge in [0.05, 0.1) is 18.1 Å². The lowest BCUT2D eigenvalue weighted by molar-refractivity contribution is -0.141. The second-order valence-corrected chi connectivity index (χ2v) is 4.35. The van der Waals surface area contributed by atoms with Gasteiger partial charge in [-0.05, 0) is 25.0 Å². The van der Waals surface area contributed by atoms with Crippen LogP contribution in [0, 0.1) is 18.7 Å². The number of carboxylic acid groups (broad SMARTS) is 1. The molecule has 0 aliphatic carbocycles. The molecular formula is C12H14ClFO3. The first-order chi connectivity index (χ1) is 7.88. The quantitative estimate of drug-likeness (QED) is 0.905. The molecule has 1 unspecified atom stereocenters. The second-order valence-electron chi connectivity index (χ2n) is 3.94. The molecule has 0 bridgehead atoms. The number of rotatable bonds is 4. The van der Waals surface area contributed by atoms with Crippen LogP contribution in [0.3, 0.4) is 0 Å². The molecule has 94 valence electrons. The minimum atomic E-state index is -0.982. The van der Waals surface area contributed by atoms with Crippen molar-refractivity contribution < 1.29 is 19.0 Å². The third kappa shape index (κ3) is 2.88. The van der Waals surface area contributed by atoms with E-state index in [0.29, 0.717) is 11.3 Å². The van der Waals surface area contributed by atoms with Gasteiger partial charge in [0.15, 0.2) is 0 Å². The predicted octanol–water partition coefficient (Wildman–Crippen LogP) is 3.06. The van der Waals surface area contributed by atoms with Gasteiger partial charge < -0.3 is 9.84 Å². The summed E-state index contributed by atoms with van der Waals surface area (Å²) in [5, 5.41) is 8.82. The second kappa shape index (κ2) is 5.36. The Bertz CT molecular complexity index is 446. The minimum absolute atomic E-state index is 0.0177. The van der Waals surface area contributed by atoms with Gasteiger partial charge in [0.25, 0.3) is 0 Å². The van der Waals surface area contributed by atoms with Crippen LogP contribution in [-0.4, -0.2) is 18.2 Å². The highest BCUT2D eigenvalue weighted by Crippen LogP contribution is 2.32. The summed E-state index contributed by atoms with van der Waals surface area (Å²) in [6, 6.07) is 1.46. The van der Waals surface area contributed by atoms with Crippen molar-refractivity contribution in [1.82, 2.24) is 0 Å². The van der Waals surface area contributed by atoms with Crippen molar-refractivity contribution in [2.45, 2.75) is 20.3 Å². The fourth-order valence-corrected chi connectivity index (χ4v) is 1.94. The molecule has 0 saturated heterocycles. The van der Waals surface area contributed by atoms with E-state index in [0.717, 1.165) is 0 Å². The molecule has 0 heterocycles. The summed E-state index contributed by atoms with van der Waals surface area (Å²) in [6.07, 6.45) is 0.0474. The maximum absolute atomic E-state index is 13.8. The van der Waals surface area contributed by atoms with Gasteiger partial charge in [-0.2, -0.15) is 0 Å². The summed E-state index contributed by atoms with van der Waals surface area (Å²) >= 11 is 5.73. The predicted molar refractivity (Wildman–Crippen MR) is 63.2 cm³/mol. The first-order valence-electron chi connectivity index (χ1n) is 5.12. The molecule has 0 spiro atoms. The third-order valence-electron chi connectivity index (χ3n) is 2.59. The maximum atomic E-state index is 13.8. The van der Waals surface area contributed by atoms with E-state index >= 15 is 0 Å². The van der Waals surface area contributed by atoms with Crippen LogP contribution in [0.25, 0.3) is 0 Å². The molecule has 0 fully saturated rings. The molecule has 17 heavy (non-hydrogen) atoms. The van der Waals surface area contributed by atoms with E-state index < -0.39 is 17.7 Å². The monoisotopic (exact) mass is 260 g/mol. The van der Waals surface area contributed by atoms with E-state index in [9.17, 15) is 9.18 Å². The number of aryl methyl sites for hydroxylation is 1. The zero-order valence-electron chi connectivity index (χ0n) is 9.88. The highest BCUT2D eigenvalue weighted by Gasteiger charge is 2.21. The van der Waals surface area contributed by atoms with Crippen molar-refractivity contribution in [1.29, 1.82) is 0 Å². The molecule has 1 rings (SSSR count). The minimum Gasteiger partial charge on any atom is -0.496 e. The van der Waals surface area contributed by atoms with Crippen LogP contribution in [0.1, 0.15) is 18.1 Å². The van der Waals surface area contributed by atoms with Gasteiger partial charge in [-0.25, -0.2) is 4.39 Å². The lowest BCUT2D eigenvalue weighted by atomic mass is 9.98. The van der Waals surface area contributed by atoms with Gasteiger partial charge in [0.1, 0.15) is 11.6 Å². The number of hydrogen-bond donors (Lipinski definition) is 1. The molecule has 0 amide bonds. The van der Waals surface area contributed by atoms with Gasteiger partial charge in [-0.3, -0.25) is 4.79 Å². The normalized spacial score (nSPS) is 12.3. The molecule has 0 aliphatic heterocycles. The zero-order chi connectivity index (χ0) is 13.2. The van der Waals surface area contributed by atoms with Gasteiger partial charge in [-0.15, -0.1) is 0 Å². The van der Waals surface area contributed by atoms with Crippen LogP contribution in [0.5, 0.6) is 5.75 Å². The number of aliphatic carboxylic acids is 1. The van der Waals surface area contributed by atoms with Crippen LogP contribution < -0.4 is 4.74 Å². The molecule has 1 aromatic rings. The molecule has 1 aromatic carbocycles. The lowest BCUT2D eigenvalue weighted by Gasteiger charge is -2.15.